The number of hydrogen-bond acceptors (Lipinski definition) is 4. The van der Waals surface area contributed by atoms with Gasteiger partial charge in [0.05, 0.1) is 17.7 Å². The lowest BCUT2D eigenvalue weighted by molar-refractivity contribution is -0.384. The van der Waals surface area contributed by atoms with Gasteiger partial charge >= 0.3 is 0 Å². The summed E-state index contributed by atoms with van der Waals surface area (Å²) in [5, 5.41) is 13.6. The van der Waals surface area contributed by atoms with E-state index in [4.69, 9.17) is 0 Å². The first-order chi connectivity index (χ1) is 11.7. The second kappa shape index (κ2) is 7.16. The van der Waals surface area contributed by atoms with Crippen LogP contribution in [-0.2, 0) is 11.8 Å². The van der Waals surface area contributed by atoms with Crippen LogP contribution in [0.1, 0.15) is 21.6 Å². The molecule has 0 unspecified atom stereocenters. The fourth-order valence-electron chi connectivity index (χ4n) is 2.42. The number of anilines is 1. The summed E-state index contributed by atoms with van der Waals surface area (Å²) in [7, 11) is 3.02. The van der Waals surface area contributed by atoms with E-state index in [0.29, 0.717) is 5.69 Å². The van der Waals surface area contributed by atoms with Crippen molar-refractivity contribution < 1.29 is 14.5 Å². The first-order valence-electron chi connectivity index (χ1n) is 7.63. The Balaban J connectivity index is 2.07. The Morgan fingerprint density at radius 3 is 2.60 bits per heavy atom. The van der Waals surface area contributed by atoms with Gasteiger partial charge in [0.2, 0.25) is 5.91 Å². The molecule has 1 aromatic heterocycles. The van der Waals surface area contributed by atoms with Gasteiger partial charge in [0.25, 0.3) is 11.6 Å². The van der Waals surface area contributed by atoms with Crippen molar-refractivity contribution in [3.8, 4) is 0 Å². The average Bonchev–Trinajstić information content (AvgIpc) is 2.93. The second-order valence-corrected chi connectivity index (χ2v) is 5.91. The summed E-state index contributed by atoms with van der Waals surface area (Å²) in [6.45, 7) is 3.69. The van der Waals surface area contributed by atoms with E-state index in [2.05, 4.69) is 5.32 Å². The van der Waals surface area contributed by atoms with Crippen molar-refractivity contribution in [2.45, 2.75) is 13.8 Å². The van der Waals surface area contributed by atoms with E-state index in [9.17, 15) is 19.7 Å². The van der Waals surface area contributed by atoms with Crippen LogP contribution in [0.25, 0.3) is 0 Å². The lowest BCUT2D eigenvalue weighted by Crippen LogP contribution is -2.35. The lowest BCUT2D eigenvalue weighted by Gasteiger charge is -2.17. The summed E-state index contributed by atoms with van der Waals surface area (Å²) in [5.41, 5.74) is 2.69. The van der Waals surface area contributed by atoms with Crippen LogP contribution in [0, 0.1) is 24.0 Å². The van der Waals surface area contributed by atoms with E-state index in [0.717, 1.165) is 11.1 Å². The van der Waals surface area contributed by atoms with Crippen molar-refractivity contribution >= 4 is 23.2 Å². The quantitative estimate of drug-likeness (QED) is 0.664. The molecule has 0 aliphatic heterocycles. The smallest absolute Gasteiger partial charge is 0.287 e. The van der Waals surface area contributed by atoms with Gasteiger partial charge in [0.1, 0.15) is 5.69 Å². The minimum atomic E-state index is -0.565. The number of nitrogens with zero attached hydrogens (tertiary/aromatic N) is 3. The number of aromatic nitrogens is 1. The number of carbonyl (C=O) groups excluding carboxylic acids is 2. The molecule has 132 valence electrons. The predicted octanol–water partition coefficient (Wildman–Crippen LogP) is 2.26. The molecule has 1 N–H and O–H groups in total. The highest BCUT2D eigenvalue weighted by molar-refractivity contribution is 5.99. The van der Waals surface area contributed by atoms with Gasteiger partial charge in [0, 0.05) is 25.8 Å². The number of rotatable bonds is 5. The minimum Gasteiger partial charge on any atom is -0.340 e. The third-order valence-electron chi connectivity index (χ3n) is 4.03. The molecule has 0 spiro atoms. The maximum atomic E-state index is 12.4. The van der Waals surface area contributed by atoms with E-state index in [-0.39, 0.29) is 23.8 Å². The zero-order chi connectivity index (χ0) is 18.7. The first-order valence-corrected chi connectivity index (χ1v) is 7.63. The normalized spacial score (nSPS) is 10.4. The first kappa shape index (κ1) is 18.2. The Kier molecular flexibility index (Phi) is 5.21. The molecule has 2 amide bonds. The molecule has 0 aliphatic carbocycles. The van der Waals surface area contributed by atoms with Crippen LogP contribution in [0.5, 0.6) is 0 Å². The predicted molar refractivity (Wildman–Crippen MR) is 93.6 cm³/mol. The van der Waals surface area contributed by atoms with Gasteiger partial charge in [-0.15, -0.1) is 0 Å². The zero-order valence-corrected chi connectivity index (χ0v) is 14.6. The molecular formula is C17H20N4O4. The molecule has 0 aliphatic rings. The summed E-state index contributed by atoms with van der Waals surface area (Å²) >= 11 is 0. The standard InChI is InChI=1S/C17H20N4O4/c1-11-6-5-7-14(12(11)2)18-16(22)10-20(4)17(23)15-8-13(21(24)25)9-19(15)3/h5-9H,10H2,1-4H3,(H,18,22). The van der Waals surface area contributed by atoms with Gasteiger partial charge < -0.3 is 14.8 Å². The molecule has 2 rings (SSSR count). The number of nitrogens with one attached hydrogen (secondary N) is 1. The molecule has 0 saturated heterocycles. The van der Waals surface area contributed by atoms with E-state index in [1.54, 1.807) is 13.1 Å². The summed E-state index contributed by atoms with van der Waals surface area (Å²) in [5.74, 6) is -0.806. The molecule has 8 heteroatoms. The third-order valence-corrected chi connectivity index (χ3v) is 4.03. The average molecular weight is 344 g/mol. The molecule has 0 saturated carbocycles. The van der Waals surface area contributed by atoms with Crippen LogP contribution in [0.2, 0.25) is 0 Å². The number of hydrogen-bond donors (Lipinski definition) is 1. The maximum absolute atomic E-state index is 12.4. The van der Waals surface area contributed by atoms with Crippen molar-refractivity contribution in [1.82, 2.24) is 9.47 Å². The number of nitro groups is 1. The Morgan fingerprint density at radius 2 is 2.00 bits per heavy atom. The van der Waals surface area contributed by atoms with Crippen LogP contribution < -0.4 is 5.32 Å². The maximum Gasteiger partial charge on any atom is 0.287 e. The minimum absolute atomic E-state index is 0.147. The van der Waals surface area contributed by atoms with E-state index >= 15 is 0 Å². The molecule has 1 aromatic carbocycles. The summed E-state index contributed by atoms with van der Waals surface area (Å²) in [6, 6.07) is 6.78. The number of carbonyl (C=O) groups is 2. The Labute approximate surface area is 145 Å². The molecular weight excluding hydrogens is 324 g/mol. The van der Waals surface area contributed by atoms with Crippen LogP contribution in [0.4, 0.5) is 11.4 Å². The van der Waals surface area contributed by atoms with Gasteiger partial charge in [-0.3, -0.25) is 19.7 Å². The Morgan fingerprint density at radius 1 is 1.32 bits per heavy atom. The molecule has 0 bridgehead atoms. The molecule has 0 atom stereocenters. The van der Waals surface area contributed by atoms with Gasteiger partial charge in [-0.1, -0.05) is 12.1 Å². The summed E-state index contributed by atoms with van der Waals surface area (Å²) < 4.78 is 1.37. The fraction of sp³-hybridized carbons (Fsp3) is 0.294. The van der Waals surface area contributed by atoms with Crippen LogP contribution in [-0.4, -0.2) is 39.8 Å². The van der Waals surface area contributed by atoms with Crippen molar-refractivity contribution in [3.63, 3.8) is 0 Å². The van der Waals surface area contributed by atoms with Crippen molar-refractivity contribution in [2.75, 3.05) is 18.9 Å². The second-order valence-electron chi connectivity index (χ2n) is 5.91. The van der Waals surface area contributed by atoms with E-state index in [1.807, 2.05) is 26.0 Å². The largest absolute Gasteiger partial charge is 0.340 e. The highest BCUT2D eigenvalue weighted by atomic mass is 16.6. The molecule has 0 radical (unpaired) electrons. The SMILES string of the molecule is Cc1cccc(NC(=O)CN(C)C(=O)c2cc([N+](=O)[O-])cn2C)c1C. The van der Waals surface area contributed by atoms with Gasteiger partial charge in [-0.05, 0) is 31.0 Å². The lowest BCUT2D eigenvalue weighted by atomic mass is 10.1. The Bertz CT molecular complexity index is 841. The summed E-state index contributed by atoms with van der Waals surface area (Å²) in [6.07, 6.45) is 1.26. The monoisotopic (exact) mass is 344 g/mol. The highest BCUT2D eigenvalue weighted by Crippen LogP contribution is 2.18. The van der Waals surface area contributed by atoms with Crippen LogP contribution >= 0.6 is 0 Å². The van der Waals surface area contributed by atoms with Gasteiger partial charge in [-0.25, -0.2) is 0 Å². The highest BCUT2D eigenvalue weighted by Gasteiger charge is 2.22. The molecule has 0 fully saturated rings. The van der Waals surface area contributed by atoms with Crippen molar-refractivity contribution in [1.29, 1.82) is 0 Å². The zero-order valence-electron chi connectivity index (χ0n) is 14.6. The van der Waals surface area contributed by atoms with E-state index < -0.39 is 10.8 Å². The molecule has 8 nitrogen and oxygen atoms in total. The van der Waals surface area contributed by atoms with Crippen LogP contribution in [0.3, 0.4) is 0 Å². The number of benzene rings is 1. The molecule has 1 heterocycles. The molecule has 2 aromatic rings. The summed E-state index contributed by atoms with van der Waals surface area (Å²) in [4.78, 5) is 36.1. The van der Waals surface area contributed by atoms with Crippen molar-refractivity contribution in [3.05, 3.63) is 57.4 Å². The topological polar surface area (TPSA) is 97.5 Å². The van der Waals surface area contributed by atoms with Crippen LogP contribution in [0.15, 0.2) is 30.5 Å². The van der Waals surface area contributed by atoms with Gasteiger partial charge in [-0.2, -0.15) is 0 Å². The Hall–Kier alpha value is -3.16. The van der Waals surface area contributed by atoms with E-state index in [1.165, 1.54) is 28.8 Å². The fourth-order valence-corrected chi connectivity index (χ4v) is 2.42. The molecule has 25 heavy (non-hydrogen) atoms. The number of amides is 2. The van der Waals surface area contributed by atoms with Gasteiger partial charge in [0.15, 0.2) is 0 Å². The number of likely N-dealkylation sites (N-methyl/N-ethyl adjacent to an activating group) is 1. The number of aryl methyl sites for hydroxylation is 2. The van der Waals surface area contributed by atoms with Crippen molar-refractivity contribution in [2.24, 2.45) is 7.05 Å². The third kappa shape index (κ3) is 4.03.